The number of allylic oxidation sites excluding steroid dienone is 1. The molecule has 1 heterocycles. The zero-order valence-corrected chi connectivity index (χ0v) is 11.7. The highest BCUT2D eigenvalue weighted by Gasteiger charge is 2.52. The third-order valence-electron chi connectivity index (χ3n) is 3.84. The van der Waals surface area contributed by atoms with Gasteiger partial charge in [-0.2, -0.15) is 0 Å². The minimum atomic E-state index is -0.862. The van der Waals surface area contributed by atoms with Crippen LogP contribution >= 0.6 is 0 Å². The van der Waals surface area contributed by atoms with Gasteiger partial charge in [-0.3, -0.25) is 0 Å². The second-order valence-corrected chi connectivity index (χ2v) is 5.53. The molecule has 1 saturated heterocycles. The Labute approximate surface area is 114 Å². The lowest BCUT2D eigenvalue weighted by Gasteiger charge is -2.43. The van der Waals surface area contributed by atoms with E-state index in [1.165, 1.54) is 5.57 Å². The molecule has 3 atom stereocenters. The Balaban J connectivity index is 1.97. The van der Waals surface area contributed by atoms with Crippen LogP contribution in [0.2, 0.25) is 0 Å². The molecule has 2 rings (SSSR count). The fourth-order valence-corrected chi connectivity index (χ4v) is 2.71. The summed E-state index contributed by atoms with van der Waals surface area (Å²) in [7, 11) is 0. The van der Waals surface area contributed by atoms with E-state index in [-0.39, 0.29) is 5.92 Å². The van der Waals surface area contributed by atoms with E-state index in [1.54, 1.807) is 0 Å². The third-order valence-corrected chi connectivity index (χ3v) is 3.84. The highest BCUT2D eigenvalue weighted by molar-refractivity contribution is 4.96. The molecule has 0 bridgehead atoms. The zero-order chi connectivity index (χ0) is 13.9. The van der Waals surface area contributed by atoms with Crippen LogP contribution in [0.1, 0.15) is 26.7 Å². The Hall–Kier alpha value is -0.460. The fraction of sp³-hybridized carbons (Fsp3) is 0.857. The van der Waals surface area contributed by atoms with Crippen LogP contribution < -0.4 is 0 Å². The van der Waals surface area contributed by atoms with Crippen LogP contribution in [-0.2, 0) is 14.2 Å². The summed E-state index contributed by atoms with van der Waals surface area (Å²) < 4.78 is 17.0. The molecule has 5 nitrogen and oxygen atoms in total. The van der Waals surface area contributed by atoms with Gasteiger partial charge in [-0.25, -0.2) is 0 Å². The van der Waals surface area contributed by atoms with E-state index in [4.69, 9.17) is 14.2 Å². The highest BCUT2D eigenvalue weighted by atomic mass is 16.7. The lowest BCUT2D eigenvalue weighted by Crippen LogP contribution is -2.55. The second kappa shape index (κ2) is 6.33. The Morgan fingerprint density at radius 2 is 2.00 bits per heavy atom. The number of hydrogen-bond acceptors (Lipinski definition) is 5. The van der Waals surface area contributed by atoms with Crippen LogP contribution in [-0.4, -0.2) is 54.6 Å². The minimum absolute atomic E-state index is 0.321. The highest BCUT2D eigenvalue weighted by Crippen LogP contribution is 2.40. The Morgan fingerprint density at radius 3 is 2.63 bits per heavy atom. The van der Waals surface area contributed by atoms with Crippen LogP contribution in [0.3, 0.4) is 0 Å². The fourth-order valence-electron chi connectivity index (χ4n) is 2.71. The largest absolute Gasteiger partial charge is 0.390 e. The summed E-state index contributed by atoms with van der Waals surface area (Å²) in [6.07, 6.45) is 1.48. The van der Waals surface area contributed by atoms with Gasteiger partial charge in [0.25, 0.3) is 0 Å². The average molecular weight is 272 g/mol. The SMILES string of the molecule is CC(C)=CCOC[C@H]1[C@H](O)[C@H](O)CCC12OCCO2. The average Bonchev–Trinajstić information content (AvgIpc) is 2.83. The predicted molar refractivity (Wildman–Crippen MR) is 69.6 cm³/mol. The van der Waals surface area contributed by atoms with E-state index in [2.05, 4.69) is 0 Å². The zero-order valence-electron chi connectivity index (χ0n) is 11.7. The molecule has 0 aromatic heterocycles. The standard InChI is InChI=1S/C14H24O5/c1-10(2)4-6-17-9-11-13(16)12(15)3-5-14(11)18-7-8-19-14/h4,11-13,15-16H,3,5-9H2,1-2H3/t11-,12+,13-/m0/s1. The maximum atomic E-state index is 10.2. The summed E-state index contributed by atoms with van der Waals surface area (Å²) in [5.41, 5.74) is 1.19. The van der Waals surface area contributed by atoms with Crippen molar-refractivity contribution in [3.8, 4) is 0 Å². The molecule has 1 spiro atoms. The third kappa shape index (κ3) is 3.35. The summed E-state index contributed by atoms with van der Waals surface area (Å²) in [6, 6.07) is 0. The summed E-state index contributed by atoms with van der Waals surface area (Å²) in [6.45, 7) is 5.90. The lowest BCUT2D eigenvalue weighted by molar-refractivity contribution is -0.263. The van der Waals surface area contributed by atoms with Gasteiger partial charge >= 0.3 is 0 Å². The molecule has 0 aromatic rings. The van der Waals surface area contributed by atoms with Gasteiger partial charge in [-0.1, -0.05) is 11.6 Å². The predicted octanol–water partition coefficient (Wildman–Crippen LogP) is 0.844. The molecular formula is C14H24O5. The molecule has 0 amide bonds. The Kier molecular flexibility index (Phi) is 4.97. The van der Waals surface area contributed by atoms with Crippen molar-refractivity contribution < 1.29 is 24.4 Å². The molecule has 0 radical (unpaired) electrons. The van der Waals surface area contributed by atoms with Crippen molar-refractivity contribution in [1.82, 2.24) is 0 Å². The molecule has 5 heteroatoms. The first kappa shape index (κ1) is 14.9. The molecule has 2 fully saturated rings. The van der Waals surface area contributed by atoms with Gasteiger partial charge in [-0.05, 0) is 20.3 Å². The first-order valence-electron chi connectivity index (χ1n) is 6.90. The van der Waals surface area contributed by atoms with Gasteiger partial charge in [0.1, 0.15) is 0 Å². The van der Waals surface area contributed by atoms with Crippen molar-refractivity contribution in [2.45, 2.75) is 44.7 Å². The van der Waals surface area contributed by atoms with Crippen molar-refractivity contribution in [1.29, 1.82) is 0 Å². The molecule has 19 heavy (non-hydrogen) atoms. The molecule has 1 saturated carbocycles. The maximum Gasteiger partial charge on any atom is 0.176 e. The van der Waals surface area contributed by atoms with Crippen molar-refractivity contribution in [2.75, 3.05) is 26.4 Å². The number of aliphatic hydroxyl groups excluding tert-OH is 2. The number of aliphatic hydroxyl groups is 2. The van der Waals surface area contributed by atoms with Gasteiger partial charge < -0.3 is 24.4 Å². The molecule has 1 aliphatic carbocycles. The topological polar surface area (TPSA) is 68.2 Å². The van der Waals surface area contributed by atoms with E-state index < -0.39 is 18.0 Å². The van der Waals surface area contributed by atoms with E-state index in [9.17, 15) is 10.2 Å². The van der Waals surface area contributed by atoms with Crippen LogP contribution in [0.15, 0.2) is 11.6 Å². The van der Waals surface area contributed by atoms with Crippen molar-refractivity contribution in [2.24, 2.45) is 5.92 Å². The number of hydrogen-bond donors (Lipinski definition) is 2. The quantitative estimate of drug-likeness (QED) is 0.586. The smallest absolute Gasteiger partial charge is 0.176 e. The molecule has 1 aliphatic heterocycles. The first-order valence-corrected chi connectivity index (χ1v) is 6.90. The minimum Gasteiger partial charge on any atom is -0.390 e. The number of ether oxygens (including phenoxy) is 3. The normalized spacial score (nSPS) is 33.6. The van der Waals surface area contributed by atoms with Crippen molar-refractivity contribution >= 4 is 0 Å². The van der Waals surface area contributed by atoms with E-state index in [1.807, 2.05) is 19.9 Å². The van der Waals surface area contributed by atoms with Crippen molar-refractivity contribution in [3.63, 3.8) is 0 Å². The summed E-state index contributed by atoms with van der Waals surface area (Å²) in [5, 5.41) is 20.0. The summed E-state index contributed by atoms with van der Waals surface area (Å²) in [5.74, 6) is -1.12. The van der Waals surface area contributed by atoms with E-state index >= 15 is 0 Å². The molecule has 110 valence electrons. The molecule has 2 aliphatic rings. The summed E-state index contributed by atoms with van der Waals surface area (Å²) >= 11 is 0. The van der Waals surface area contributed by atoms with Crippen LogP contribution in [0, 0.1) is 5.92 Å². The second-order valence-electron chi connectivity index (χ2n) is 5.53. The van der Waals surface area contributed by atoms with Gasteiger partial charge in [0.15, 0.2) is 5.79 Å². The lowest BCUT2D eigenvalue weighted by atomic mass is 9.79. The molecule has 0 aromatic carbocycles. The van der Waals surface area contributed by atoms with E-state index in [0.717, 1.165) is 0 Å². The van der Waals surface area contributed by atoms with Gasteiger partial charge in [0, 0.05) is 6.42 Å². The summed E-state index contributed by atoms with van der Waals surface area (Å²) in [4.78, 5) is 0. The Morgan fingerprint density at radius 1 is 1.32 bits per heavy atom. The molecule has 2 N–H and O–H groups in total. The first-order chi connectivity index (χ1) is 9.05. The maximum absolute atomic E-state index is 10.2. The van der Waals surface area contributed by atoms with Gasteiger partial charge in [0.05, 0.1) is 44.6 Å². The molecular weight excluding hydrogens is 248 g/mol. The number of rotatable bonds is 4. The molecule has 0 unspecified atom stereocenters. The van der Waals surface area contributed by atoms with E-state index in [0.29, 0.717) is 39.3 Å². The van der Waals surface area contributed by atoms with Crippen LogP contribution in [0.4, 0.5) is 0 Å². The van der Waals surface area contributed by atoms with Crippen LogP contribution in [0.25, 0.3) is 0 Å². The van der Waals surface area contributed by atoms with Gasteiger partial charge in [-0.15, -0.1) is 0 Å². The Bertz CT molecular complexity index is 318. The van der Waals surface area contributed by atoms with Crippen LogP contribution in [0.5, 0.6) is 0 Å². The van der Waals surface area contributed by atoms with Gasteiger partial charge in [0.2, 0.25) is 0 Å². The monoisotopic (exact) mass is 272 g/mol. The van der Waals surface area contributed by atoms with Crippen molar-refractivity contribution in [3.05, 3.63) is 11.6 Å².